The fourth-order valence-corrected chi connectivity index (χ4v) is 4.21. The van der Waals surface area contributed by atoms with Crippen molar-refractivity contribution in [3.05, 3.63) is 71.4 Å². The summed E-state index contributed by atoms with van der Waals surface area (Å²) in [5, 5.41) is 18.0. The summed E-state index contributed by atoms with van der Waals surface area (Å²) >= 11 is 0. The highest BCUT2D eigenvalue weighted by Gasteiger charge is 2.20. The summed E-state index contributed by atoms with van der Waals surface area (Å²) < 4.78 is 33.1. The number of nitrogens with zero attached hydrogens (tertiary/aromatic N) is 4. The molecule has 0 saturated heterocycles. The molecule has 1 atom stereocenters. The van der Waals surface area contributed by atoms with Gasteiger partial charge >= 0.3 is 0 Å². The number of ether oxygens (including phenoxy) is 1. The van der Waals surface area contributed by atoms with Gasteiger partial charge < -0.3 is 10.1 Å². The third-order valence-electron chi connectivity index (χ3n) is 5.37. The summed E-state index contributed by atoms with van der Waals surface area (Å²) in [6.07, 6.45) is 3.86. The van der Waals surface area contributed by atoms with Gasteiger partial charge in [-0.3, -0.25) is 4.40 Å². The quantitative estimate of drug-likeness (QED) is 0.485. The number of nitriles is 1. The van der Waals surface area contributed by atoms with Crippen molar-refractivity contribution < 1.29 is 13.3 Å². The lowest BCUT2D eigenvalue weighted by molar-refractivity contribution is 0.356. The number of fused-ring (bicyclic) bond motifs is 2. The molecule has 0 fully saturated rings. The van der Waals surface area contributed by atoms with Crippen molar-refractivity contribution in [1.29, 1.82) is 5.26 Å². The predicted molar refractivity (Wildman–Crippen MR) is 117 cm³/mol. The van der Waals surface area contributed by atoms with Crippen LogP contribution < -0.4 is 15.2 Å². The van der Waals surface area contributed by atoms with Gasteiger partial charge in [-0.25, -0.2) is 23.7 Å². The number of aromatic nitrogens is 3. The Balaban J connectivity index is 1.52. The SMILES string of the molecule is N#Cc1cn2c(NCc3c(F)ccc4c3CCO4)ncc(-c3ccc(S(N)=O)cc3)c2n1. The van der Waals surface area contributed by atoms with E-state index in [-0.39, 0.29) is 18.1 Å². The lowest BCUT2D eigenvalue weighted by atomic mass is 10.0. The van der Waals surface area contributed by atoms with Crippen molar-refractivity contribution in [2.24, 2.45) is 5.14 Å². The summed E-state index contributed by atoms with van der Waals surface area (Å²) in [7, 11) is -1.57. The highest BCUT2D eigenvalue weighted by atomic mass is 32.2. The van der Waals surface area contributed by atoms with E-state index in [1.54, 1.807) is 47.1 Å². The maximum Gasteiger partial charge on any atom is 0.208 e. The fourth-order valence-electron chi connectivity index (χ4n) is 3.81. The van der Waals surface area contributed by atoms with Crippen LogP contribution in [-0.2, 0) is 24.0 Å². The first-order valence-corrected chi connectivity index (χ1v) is 11.0. The number of rotatable bonds is 5. The van der Waals surface area contributed by atoms with Gasteiger partial charge in [0.15, 0.2) is 11.3 Å². The van der Waals surface area contributed by atoms with E-state index in [9.17, 15) is 13.9 Å². The number of nitrogens with two attached hydrogens (primary N) is 1. The molecule has 10 heteroatoms. The van der Waals surface area contributed by atoms with E-state index in [0.717, 1.165) is 11.1 Å². The zero-order chi connectivity index (χ0) is 22.2. The molecular formula is C22H17FN6O2S. The number of nitrogens with one attached hydrogen (secondary N) is 1. The predicted octanol–water partition coefficient (Wildman–Crippen LogP) is 2.94. The summed E-state index contributed by atoms with van der Waals surface area (Å²) in [5.74, 6) is 0.816. The molecule has 3 heterocycles. The molecule has 0 spiro atoms. The Morgan fingerprint density at radius 1 is 1.28 bits per heavy atom. The van der Waals surface area contributed by atoms with Gasteiger partial charge in [-0.2, -0.15) is 5.26 Å². The normalized spacial score (nSPS) is 13.4. The third kappa shape index (κ3) is 3.47. The van der Waals surface area contributed by atoms with Crippen LogP contribution >= 0.6 is 0 Å². The van der Waals surface area contributed by atoms with Crippen molar-refractivity contribution in [3.63, 3.8) is 0 Å². The van der Waals surface area contributed by atoms with Gasteiger partial charge in [-0.1, -0.05) is 12.1 Å². The van der Waals surface area contributed by atoms with E-state index in [1.807, 2.05) is 6.07 Å². The number of imidazole rings is 1. The van der Waals surface area contributed by atoms with Gasteiger partial charge in [0.1, 0.15) is 28.6 Å². The standard InChI is InChI=1S/C22H17FN6O2S/c23-19-5-6-20-16(7-8-31-20)18(19)11-27-22-26-10-17(21-28-14(9-24)12-29(21)22)13-1-3-15(4-2-13)32(25)30/h1-6,10,12H,7-8,11,25H2,(H,26,27). The van der Waals surface area contributed by atoms with Crippen molar-refractivity contribution in [2.75, 3.05) is 11.9 Å². The van der Waals surface area contributed by atoms with E-state index in [2.05, 4.69) is 15.3 Å². The second-order valence-electron chi connectivity index (χ2n) is 7.20. The van der Waals surface area contributed by atoms with E-state index in [4.69, 9.17) is 9.88 Å². The molecule has 0 amide bonds. The first kappa shape index (κ1) is 20.1. The molecule has 1 aliphatic heterocycles. The lowest BCUT2D eigenvalue weighted by Gasteiger charge is -2.13. The Labute approximate surface area is 185 Å². The van der Waals surface area contributed by atoms with Crippen LogP contribution in [0.2, 0.25) is 0 Å². The molecule has 0 bridgehead atoms. The second kappa shape index (κ2) is 8.03. The largest absolute Gasteiger partial charge is 0.493 e. The molecule has 1 aliphatic rings. The maximum atomic E-state index is 14.5. The minimum absolute atomic E-state index is 0.205. The molecule has 1 unspecified atom stereocenters. The monoisotopic (exact) mass is 448 g/mol. The van der Waals surface area contributed by atoms with E-state index < -0.39 is 11.0 Å². The topological polar surface area (TPSA) is 118 Å². The van der Waals surface area contributed by atoms with Gasteiger partial charge in [-0.05, 0) is 29.8 Å². The fraction of sp³-hybridized carbons (Fsp3) is 0.136. The van der Waals surface area contributed by atoms with Gasteiger partial charge in [0.05, 0.1) is 17.7 Å². The van der Waals surface area contributed by atoms with E-state index in [0.29, 0.717) is 46.4 Å². The maximum absolute atomic E-state index is 14.5. The zero-order valence-electron chi connectivity index (χ0n) is 16.7. The first-order valence-electron chi connectivity index (χ1n) is 9.77. The van der Waals surface area contributed by atoms with Gasteiger partial charge in [0, 0.05) is 35.9 Å². The summed E-state index contributed by atoms with van der Waals surface area (Å²) in [6, 6.07) is 12.0. The van der Waals surface area contributed by atoms with Gasteiger partial charge in [0.2, 0.25) is 5.95 Å². The molecule has 0 radical (unpaired) electrons. The molecule has 0 saturated carbocycles. The average molecular weight is 448 g/mol. The Kier molecular flexibility index (Phi) is 5.05. The average Bonchev–Trinajstić information content (AvgIpc) is 3.45. The molecule has 8 nitrogen and oxygen atoms in total. The van der Waals surface area contributed by atoms with Crippen molar-refractivity contribution in [1.82, 2.24) is 14.4 Å². The highest BCUT2D eigenvalue weighted by Crippen LogP contribution is 2.31. The molecule has 3 N–H and O–H groups in total. The third-order valence-corrected chi connectivity index (χ3v) is 6.10. The van der Waals surface area contributed by atoms with Crippen molar-refractivity contribution >= 4 is 22.6 Å². The minimum atomic E-state index is -1.57. The van der Waals surface area contributed by atoms with Crippen LogP contribution in [0.5, 0.6) is 5.75 Å². The molecule has 2 aromatic heterocycles. The number of hydrogen-bond donors (Lipinski definition) is 2. The smallest absolute Gasteiger partial charge is 0.208 e. The van der Waals surface area contributed by atoms with Crippen LogP contribution in [0.1, 0.15) is 16.8 Å². The first-order chi connectivity index (χ1) is 15.5. The molecule has 2 aromatic carbocycles. The van der Waals surface area contributed by atoms with Crippen LogP contribution in [0.25, 0.3) is 16.8 Å². The van der Waals surface area contributed by atoms with Crippen LogP contribution in [0.3, 0.4) is 0 Å². The molecule has 4 aromatic rings. The molecule has 32 heavy (non-hydrogen) atoms. The summed E-state index contributed by atoms with van der Waals surface area (Å²) in [4.78, 5) is 9.39. The summed E-state index contributed by atoms with van der Waals surface area (Å²) in [5.41, 5.74) is 3.59. The number of anilines is 1. The van der Waals surface area contributed by atoms with E-state index >= 15 is 0 Å². The van der Waals surface area contributed by atoms with Crippen molar-refractivity contribution in [2.45, 2.75) is 17.9 Å². The van der Waals surface area contributed by atoms with Crippen molar-refractivity contribution in [3.8, 4) is 22.9 Å². The minimum Gasteiger partial charge on any atom is -0.493 e. The highest BCUT2D eigenvalue weighted by molar-refractivity contribution is 7.82. The zero-order valence-corrected chi connectivity index (χ0v) is 17.5. The Hall–Kier alpha value is -3.81. The second-order valence-corrected chi connectivity index (χ2v) is 8.27. The van der Waals surface area contributed by atoms with Crippen LogP contribution in [0, 0.1) is 17.1 Å². The van der Waals surface area contributed by atoms with Crippen LogP contribution in [-0.4, -0.2) is 25.2 Å². The van der Waals surface area contributed by atoms with Crippen LogP contribution in [0.15, 0.2) is 53.7 Å². The lowest BCUT2D eigenvalue weighted by Crippen LogP contribution is -2.09. The van der Waals surface area contributed by atoms with Crippen LogP contribution in [0.4, 0.5) is 10.3 Å². The Bertz CT molecular complexity index is 1410. The molecule has 5 rings (SSSR count). The molecule has 160 valence electrons. The Morgan fingerprint density at radius 2 is 2.09 bits per heavy atom. The Morgan fingerprint density at radius 3 is 2.84 bits per heavy atom. The summed E-state index contributed by atoms with van der Waals surface area (Å²) in [6.45, 7) is 0.740. The van der Waals surface area contributed by atoms with Gasteiger partial charge in [-0.15, -0.1) is 0 Å². The van der Waals surface area contributed by atoms with E-state index in [1.165, 1.54) is 6.07 Å². The molecule has 0 aliphatic carbocycles. The molecular weight excluding hydrogens is 431 g/mol. The number of halogens is 1. The number of hydrogen-bond acceptors (Lipinski definition) is 6. The number of benzene rings is 2. The van der Waals surface area contributed by atoms with Gasteiger partial charge in [0.25, 0.3) is 0 Å².